The molecule has 1 aliphatic rings. The normalized spacial score (nSPS) is 13.8. The first-order chi connectivity index (χ1) is 13.2. The molecule has 0 aliphatic carbocycles. The highest BCUT2D eigenvalue weighted by atomic mass is 16.6. The Hall–Kier alpha value is -3.29. The van der Waals surface area contributed by atoms with E-state index in [1.54, 1.807) is 48.4 Å². The molecule has 8 heteroatoms. The molecule has 1 aromatic heterocycles. The van der Waals surface area contributed by atoms with Crippen LogP contribution in [0.4, 0.5) is 21.1 Å². The van der Waals surface area contributed by atoms with E-state index in [1.165, 1.54) is 0 Å². The Kier molecular flexibility index (Phi) is 6.09. The van der Waals surface area contributed by atoms with E-state index in [0.717, 1.165) is 5.82 Å². The summed E-state index contributed by atoms with van der Waals surface area (Å²) in [5.74, 6) is 1.26. The van der Waals surface area contributed by atoms with Gasteiger partial charge in [0.1, 0.15) is 11.6 Å². The number of carbonyl (C=O) groups excluding carboxylic acids is 2. The molecule has 2 aromatic rings. The number of nitrogens with one attached hydrogen (secondary N) is 1. The minimum atomic E-state index is -0.571. The van der Waals surface area contributed by atoms with E-state index in [9.17, 15) is 9.59 Å². The SMILES string of the molecule is CCOC(=O)N1CCN(c2ccc(NC(=O)Oc3ccccc3)cn2)CC1. The predicted molar refractivity (Wildman–Crippen MR) is 101 cm³/mol. The fourth-order valence-electron chi connectivity index (χ4n) is 2.72. The lowest BCUT2D eigenvalue weighted by Gasteiger charge is -2.34. The summed E-state index contributed by atoms with van der Waals surface area (Å²) >= 11 is 0. The zero-order valence-electron chi connectivity index (χ0n) is 15.1. The van der Waals surface area contributed by atoms with Gasteiger partial charge >= 0.3 is 12.2 Å². The number of carbonyl (C=O) groups is 2. The van der Waals surface area contributed by atoms with Gasteiger partial charge in [0.25, 0.3) is 0 Å². The fourth-order valence-corrected chi connectivity index (χ4v) is 2.72. The second-order valence-electron chi connectivity index (χ2n) is 5.91. The van der Waals surface area contributed by atoms with Crippen LogP contribution in [-0.2, 0) is 4.74 Å². The number of amides is 2. The summed E-state index contributed by atoms with van der Waals surface area (Å²) in [6.45, 7) is 4.70. The van der Waals surface area contributed by atoms with E-state index >= 15 is 0 Å². The molecule has 3 rings (SSSR count). The van der Waals surface area contributed by atoms with Crippen molar-refractivity contribution in [1.29, 1.82) is 0 Å². The summed E-state index contributed by atoms with van der Waals surface area (Å²) in [4.78, 5) is 31.8. The molecule has 0 spiro atoms. The molecule has 142 valence electrons. The smallest absolute Gasteiger partial charge is 0.417 e. The van der Waals surface area contributed by atoms with Gasteiger partial charge in [-0.25, -0.2) is 14.6 Å². The van der Waals surface area contributed by atoms with Crippen LogP contribution < -0.4 is 15.0 Å². The van der Waals surface area contributed by atoms with E-state index in [2.05, 4.69) is 15.2 Å². The number of hydrogen-bond donors (Lipinski definition) is 1. The lowest BCUT2D eigenvalue weighted by atomic mass is 10.3. The first-order valence-corrected chi connectivity index (χ1v) is 8.82. The number of nitrogens with zero attached hydrogens (tertiary/aromatic N) is 3. The van der Waals surface area contributed by atoms with Gasteiger partial charge in [0.05, 0.1) is 18.5 Å². The first kappa shape index (κ1) is 18.5. The maximum atomic E-state index is 11.9. The molecule has 1 saturated heterocycles. The summed E-state index contributed by atoms with van der Waals surface area (Å²) in [5.41, 5.74) is 0.546. The van der Waals surface area contributed by atoms with Crippen molar-refractivity contribution in [2.24, 2.45) is 0 Å². The number of benzene rings is 1. The first-order valence-electron chi connectivity index (χ1n) is 8.82. The average molecular weight is 370 g/mol. The van der Waals surface area contributed by atoms with Crippen LogP contribution in [0.5, 0.6) is 5.75 Å². The third kappa shape index (κ3) is 5.10. The van der Waals surface area contributed by atoms with Gasteiger partial charge in [0, 0.05) is 26.2 Å². The van der Waals surface area contributed by atoms with Crippen molar-refractivity contribution in [1.82, 2.24) is 9.88 Å². The van der Waals surface area contributed by atoms with Gasteiger partial charge in [-0.05, 0) is 31.2 Å². The standard InChI is InChI=1S/C19H22N4O4/c1-2-26-19(25)23-12-10-22(11-13-23)17-9-8-15(14-20-17)21-18(24)27-16-6-4-3-5-7-16/h3-9,14H,2,10-13H2,1H3,(H,21,24). The molecule has 0 saturated carbocycles. The Bertz CT molecular complexity index is 759. The second kappa shape index (κ2) is 8.88. The lowest BCUT2D eigenvalue weighted by molar-refractivity contribution is 0.105. The highest BCUT2D eigenvalue weighted by Gasteiger charge is 2.22. The zero-order chi connectivity index (χ0) is 19.1. The molecule has 1 aromatic carbocycles. The van der Waals surface area contributed by atoms with Crippen LogP contribution in [0.1, 0.15) is 6.92 Å². The number of aromatic nitrogens is 1. The third-order valence-corrected chi connectivity index (χ3v) is 4.08. The minimum absolute atomic E-state index is 0.276. The van der Waals surface area contributed by atoms with Crippen LogP contribution in [0, 0.1) is 0 Å². The van der Waals surface area contributed by atoms with Gasteiger partial charge < -0.3 is 19.3 Å². The molecule has 2 heterocycles. The van der Waals surface area contributed by atoms with Gasteiger partial charge in [-0.1, -0.05) is 18.2 Å². The third-order valence-electron chi connectivity index (χ3n) is 4.08. The fraction of sp³-hybridized carbons (Fsp3) is 0.316. The zero-order valence-corrected chi connectivity index (χ0v) is 15.1. The molecule has 27 heavy (non-hydrogen) atoms. The van der Waals surface area contributed by atoms with Crippen LogP contribution in [0.2, 0.25) is 0 Å². The molecule has 1 aliphatic heterocycles. The van der Waals surface area contributed by atoms with Gasteiger partial charge in [0.2, 0.25) is 0 Å². The number of anilines is 2. The Morgan fingerprint density at radius 1 is 1.07 bits per heavy atom. The monoisotopic (exact) mass is 370 g/mol. The van der Waals surface area contributed by atoms with Crippen LogP contribution in [0.25, 0.3) is 0 Å². The number of piperazine rings is 1. The maximum absolute atomic E-state index is 11.9. The van der Waals surface area contributed by atoms with E-state index < -0.39 is 6.09 Å². The highest BCUT2D eigenvalue weighted by Crippen LogP contribution is 2.17. The minimum Gasteiger partial charge on any atom is -0.450 e. The van der Waals surface area contributed by atoms with Gasteiger partial charge in [-0.3, -0.25) is 5.32 Å². The molecule has 2 amide bonds. The van der Waals surface area contributed by atoms with Crippen molar-refractivity contribution in [2.45, 2.75) is 6.92 Å². The molecular weight excluding hydrogens is 348 g/mol. The Labute approximate surface area is 157 Å². The van der Waals surface area contributed by atoms with Crippen LogP contribution >= 0.6 is 0 Å². The van der Waals surface area contributed by atoms with Gasteiger partial charge in [-0.2, -0.15) is 0 Å². The van der Waals surface area contributed by atoms with Crippen molar-refractivity contribution in [3.8, 4) is 5.75 Å². The topological polar surface area (TPSA) is 84.0 Å². The van der Waals surface area contributed by atoms with Crippen molar-refractivity contribution in [3.63, 3.8) is 0 Å². The molecular formula is C19H22N4O4. The lowest BCUT2D eigenvalue weighted by Crippen LogP contribution is -2.49. The average Bonchev–Trinajstić information content (AvgIpc) is 2.69. The summed E-state index contributed by atoms with van der Waals surface area (Å²) < 4.78 is 10.2. The molecule has 8 nitrogen and oxygen atoms in total. The number of para-hydroxylation sites is 1. The largest absolute Gasteiger partial charge is 0.450 e. The Morgan fingerprint density at radius 2 is 1.81 bits per heavy atom. The van der Waals surface area contributed by atoms with Crippen molar-refractivity contribution in [2.75, 3.05) is 43.0 Å². The van der Waals surface area contributed by atoms with Crippen LogP contribution in [0.3, 0.4) is 0 Å². The summed E-state index contributed by atoms with van der Waals surface area (Å²) in [7, 11) is 0. The molecule has 0 radical (unpaired) electrons. The maximum Gasteiger partial charge on any atom is 0.417 e. The quantitative estimate of drug-likeness (QED) is 0.891. The summed E-state index contributed by atoms with van der Waals surface area (Å²) in [5, 5.41) is 2.64. The summed E-state index contributed by atoms with van der Waals surface area (Å²) in [6, 6.07) is 12.4. The van der Waals surface area contributed by atoms with Crippen molar-refractivity contribution < 1.29 is 19.1 Å². The highest BCUT2D eigenvalue weighted by molar-refractivity contribution is 5.86. The predicted octanol–water partition coefficient (Wildman–Crippen LogP) is 2.97. The van der Waals surface area contributed by atoms with Gasteiger partial charge in [0.15, 0.2) is 0 Å². The number of rotatable bonds is 4. The van der Waals surface area contributed by atoms with Crippen LogP contribution in [-0.4, -0.2) is 54.9 Å². The molecule has 1 N–H and O–H groups in total. The van der Waals surface area contributed by atoms with Crippen molar-refractivity contribution in [3.05, 3.63) is 48.7 Å². The van der Waals surface area contributed by atoms with Gasteiger partial charge in [-0.15, -0.1) is 0 Å². The van der Waals surface area contributed by atoms with E-state index in [4.69, 9.17) is 9.47 Å². The molecule has 1 fully saturated rings. The van der Waals surface area contributed by atoms with E-state index in [0.29, 0.717) is 44.2 Å². The van der Waals surface area contributed by atoms with Crippen LogP contribution in [0.15, 0.2) is 48.7 Å². The number of ether oxygens (including phenoxy) is 2. The van der Waals surface area contributed by atoms with E-state index in [-0.39, 0.29) is 6.09 Å². The number of pyridine rings is 1. The Morgan fingerprint density at radius 3 is 2.44 bits per heavy atom. The molecule has 0 atom stereocenters. The summed E-state index contributed by atoms with van der Waals surface area (Å²) in [6.07, 6.45) is 0.736. The second-order valence-corrected chi connectivity index (χ2v) is 5.91. The molecule has 0 unspecified atom stereocenters. The van der Waals surface area contributed by atoms with Crippen molar-refractivity contribution >= 4 is 23.7 Å². The molecule has 0 bridgehead atoms. The number of hydrogen-bond acceptors (Lipinski definition) is 6. The van der Waals surface area contributed by atoms with E-state index in [1.807, 2.05) is 12.1 Å². The Balaban J connectivity index is 1.50.